The number of H-pyrrole nitrogens is 1. The fourth-order valence-corrected chi connectivity index (χ4v) is 4.63. The molecule has 0 atom stereocenters. The number of rotatable bonds is 7. The third-order valence-electron chi connectivity index (χ3n) is 6.61. The number of carbonyl (C=O) groups is 2. The van der Waals surface area contributed by atoms with E-state index < -0.39 is 6.09 Å². The van der Waals surface area contributed by atoms with Crippen LogP contribution in [-0.4, -0.2) is 79.5 Å². The number of carbonyl (C=O) groups excluding carboxylic acids is 2. The normalized spacial score (nSPS) is 14.1. The van der Waals surface area contributed by atoms with Crippen molar-refractivity contribution in [3.63, 3.8) is 0 Å². The molecule has 11 heteroatoms. The SMILES string of the molecule is CCOC(=O)Nc1nc2c(-c3ncccn3)cc(-c3ccc(CN4CCN(C(=O)C(C)C)CC4)nc3)cc2[nH]1. The molecule has 1 fully saturated rings. The van der Waals surface area contributed by atoms with Gasteiger partial charge in [-0.05, 0) is 36.8 Å². The predicted molar refractivity (Wildman–Crippen MR) is 148 cm³/mol. The summed E-state index contributed by atoms with van der Waals surface area (Å²) >= 11 is 0. The fourth-order valence-electron chi connectivity index (χ4n) is 4.63. The van der Waals surface area contributed by atoms with Gasteiger partial charge in [0.2, 0.25) is 11.9 Å². The molecule has 1 aromatic carbocycles. The summed E-state index contributed by atoms with van der Waals surface area (Å²) < 4.78 is 4.98. The molecule has 0 saturated carbocycles. The lowest BCUT2D eigenvalue weighted by atomic mass is 10.0. The summed E-state index contributed by atoms with van der Waals surface area (Å²) in [5, 5.41) is 2.62. The summed E-state index contributed by atoms with van der Waals surface area (Å²) in [4.78, 5) is 49.7. The molecule has 5 rings (SSSR count). The number of hydrogen-bond donors (Lipinski definition) is 2. The van der Waals surface area contributed by atoms with Crippen LogP contribution < -0.4 is 5.32 Å². The average molecular weight is 529 g/mol. The zero-order chi connectivity index (χ0) is 27.4. The molecule has 1 aliphatic rings. The van der Waals surface area contributed by atoms with Gasteiger partial charge in [-0.25, -0.2) is 19.7 Å². The Balaban J connectivity index is 1.36. The summed E-state index contributed by atoms with van der Waals surface area (Å²) in [6.45, 7) is 9.78. The van der Waals surface area contributed by atoms with Crippen LogP contribution in [0.25, 0.3) is 33.5 Å². The van der Waals surface area contributed by atoms with Crippen LogP contribution in [0.1, 0.15) is 26.5 Å². The van der Waals surface area contributed by atoms with Gasteiger partial charge in [0.05, 0.1) is 17.8 Å². The summed E-state index contributed by atoms with van der Waals surface area (Å²) in [6, 6.07) is 9.78. The van der Waals surface area contributed by atoms with Gasteiger partial charge in [-0.15, -0.1) is 0 Å². The Bertz CT molecular complexity index is 1450. The number of aromatic amines is 1. The molecule has 202 valence electrons. The van der Waals surface area contributed by atoms with Crippen molar-refractivity contribution in [2.45, 2.75) is 27.3 Å². The number of nitrogens with one attached hydrogen (secondary N) is 2. The first-order chi connectivity index (χ1) is 18.9. The van der Waals surface area contributed by atoms with E-state index >= 15 is 0 Å². The molecule has 0 aliphatic carbocycles. The number of piperazine rings is 1. The second-order valence-electron chi connectivity index (χ2n) is 9.72. The van der Waals surface area contributed by atoms with E-state index in [2.05, 4.69) is 30.2 Å². The van der Waals surface area contributed by atoms with Crippen LogP contribution >= 0.6 is 0 Å². The molecule has 0 unspecified atom stereocenters. The van der Waals surface area contributed by atoms with Crippen molar-refractivity contribution in [1.29, 1.82) is 0 Å². The highest BCUT2D eigenvalue weighted by molar-refractivity contribution is 5.96. The number of hydrogen-bond acceptors (Lipinski definition) is 8. The Morgan fingerprint density at radius 2 is 1.82 bits per heavy atom. The lowest BCUT2D eigenvalue weighted by molar-refractivity contribution is -0.136. The van der Waals surface area contributed by atoms with E-state index in [-0.39, 0.29) is 24.4 Å². The average Bonchev–Trinajstić information content (AvgIpc) is 3.35. The van der Waals surface area contributed by atoms with Gasteiger partial charge < -0.3 is 14.6 Å². The van der Waals surface area contributed by atoms with Gasteiger partial charge in [0.1, 0.15) is 5.52 Å². The van der Waals surface area contributed by atoms with E-state index in [1.54, 1.807) is 25.4 Å². The molecule has 2 amide bonds. The van der Waals surface area contributed by atoms with Gasteiger partial charge in [0.15, 0.2) is 5.82 Å². The van der Waals surface area contributed by atoms with Gasteiger partial charge in [-0.3, -0.25) is 20.0 Å². The first-order valence-corrected chi connectivity index (χ1v) is 13.1. The van der Waals surface area contributed by atoms with Crippen molar-refractivity contribution in [2.75, 3.05) is 38.1 Å². The largest absolute Gasteiger partial charge is 0.450 e. The lowest BCUT2D eigenvalue weighted by Gasteiger charge is -2.35. The molecular formula is C28H32N8O3. The third kappa shape index (κ3) is 6.04. The number of ether oxygens (including phenoxy) is 1. The first-order valence-electron chi connectivity index (χ1n) is 13.1. The topological polar surface area (TPSA) is 129 Å². The number of fused-ring (bicyclic) bond motifs is 1. The minimum Gasteiger partial charge on any atom is -0.450 e. The van der Waals surface area contributed by atoms with Gasteiger partial charge in [0.25, 0.3) is 0 Å². The van der Waals surface area contributed by atoms with Gasteiger partial charge in [-0.1, -0.05) is 19.9 Å². The van der Waals surface area contributed by atoms with E-state index in [9.17, 15) is 9.59 Å². The van der Waals surface area contributed by atoms with Crippen molar-refractivity contribution < 1.29 is 14.3 Å². The maximum absolute atomic E-state index is 12.3. The number of imidazole rings is 1. The summed E-state index contributed by atoms with van der Waals surface area (Å²) in [6.07, 6.45) is 4.64. The molecule has 3 aromatic heterocycles. The van der Waals surface area contributed by atoms with Crippen LogP contribution in [0.2, 0.25) is 0 Å². The lowest BCUT2D eigenvalue weighted by Crippen LogP contribution is -2.49. The monoisotopic (exact) mass is 528 g/mol. The maximum atomic E-state index is 12.3. The molecule has 1 aliphatic heterocycles. The van der Waals surface area contributed by atoms with Crippen LogP contribution in [0.15, 0.2) is 48.9 Å². The number of anilines is 1. The molecule has 39 heavy (non-hydrogen) atoms. The maximum Gasteiger partial charge on any atom is 0.413 e. The second-order valence-corrected chi connectivity index (χ2v) is 9.72. The fraction of sp³-hybridized carbons (Fsp3) is 0.357. The Morgan fingerprint density at radius 1 is 1.05 bits per heavy atom. The van der Waals surface area contributed by atoms with E-state index in [0.29, 0.717) is 11.3 Å². The first kappa shape index (κ1) is 26.2. The van der Waals surface area contributed by atoms with Crippen molar-refractivity contribution in [3.8, 4) is 22.5 Å². The molecule has 0 spiro atoms. The smallest absolute Gasteiger partial charge is 0.413 e. The molecule has 4 heterocycles. The Hall–Kier alpha value is -4.38. The second kappa shape index (κ2) is 11.6. The van der Waals surface area contributed by atoms with Crippen molar-refractivity contribution in [2.24, 2.45) is 5.92 Å². The highest BCUT2D eigenvalue weighted by Gasteiger charge is 2.23. The van der Waals surface area contributed by atoms with E-state index in [4.69, 9.17) is 9.72 Å². The predicted octanol–water partition coefficient (Wildman–Crippen LogP) is 3.95. The third-order valence-corrected chi connectivity index (χ3v) is 6.61. The Kier molecular flexibility index (Phi) is 7.78. The minimum atomic E-state index is -0.581. The van der Waals surface area contributed by atoms with E-state index in [1.807, 2.05) is 49.2 Å². The molecule has 4 aromatic rings. The number of nitrogens with zero attached hydrogens (tertiary/aromatic N) is 6. The quantitative estimate of drug-likeness (QED) is 0.369. The molecule has 11 nitrogen and oxygen atoms in total. The molecule has 2 N–H and O–H groups in total. The summed E-state index contributed by atoms with van der Waals surface area (Å²) in [5.74, 6) is 1.05. The standard InChI is InChI=1S/C28H32N8O3/c1-4-39-28(38)34-27-32-23-15-20(14-22(24(23)33-27)25-29-8-5-9-30-25)19-6-7-21(31-16-19)17-35-10-12-36(13-11-35)26(37)18(2)3/h5-9,14-16,18H,4,10-13,17H2,1-3H3,(H2,32,33,34,38). The van der Waals surface area contributed by atoms with E-state index in [1.165, 1.54) is 0 Å². The Labute approximate surface area is 226 Å². The summed E-state index contributed by atoms with van der Waals surface area (Å²) in [5.41, 5.74) is 4.90. The molecule has 0 bridgehead atoms. The van der Waals surface area contributed by atoms with E-state index in [0.717, 1.165) is 60.6 Å². The van der Waals surface area contributed by atoms with Crippen molar-refractivity contribution in [1.82, 2.24) is 34.7 Å². The van der Waals surface area contributed by atoms with Gasteiger partial charge in [0, 0.05) is 68.4 Å². The van der Waals surface area contributed by atoms with Crippen molar-refractivity contribution in [3.05, 3.63) is 54.6 Å². The zero-order valence-electron chi connectivity index (χ0n) is 22.3. The zero-order valence-corrected chi connectivity index (χ0v) is 22.3. The molecule has 0 radical (unpaired) electrons. The number of amides is 2. The van der Waals surface area contributed by atoms with Crippen LogP contribution in [0, 0.1) is 5.92 Å². The molecular weight excluding hydrogens is 496 g/mol. The van der Waals surface area contributed by atoms with Gasteiger partial charge in [-0.2, -0.15) is 0 Å². The number of benzene rings is 1. The van der Waals surface area contributed by atoms with Crippen LogP contribution in [0.5, 0.6) is 0 Å². The molecule has 1 saturated heterocycles. The highest BCUT2D eigenvalue weighted by Crippen LogP contribution is 2.32. The van der Waals surface area contributed by atoms with Crippen LogP contribution in [0.3, 0.4) is 0 Å². The number of pyridine rings is 1. The minimum absolute atomic E-state index is 0.0288. The van der Waals surface area contributed by atoms with Crippen LogP contribution in [-0.2, 0) is 16.1 Å². The van der Waals surface area contributed by atoms with Gasteiger partial charge >= 0.3 is 6.09 Å². The Morgan fingerprint density at radius 3 is 2.49 bits per heavy atom. The number of aromatic nitrogens is 5. The van der Waals surface area contributed by atoms with Crippen molar-refractivity contribution >= 4 is 29.0 Å². The highest BCUT2D eigenvalue weighted by atomic mass is 16.5. The summed E-state index contributed by atoms with van der Waals surface area (Å²) in [7, 11) is 0. The van der Waals surface area contributed by atoms with Crippen LogP contribution in [0.4, 0.5) is 10.7 Å².